The molecule has 23 heavy (non-hydrogen) atoms. The molecule has 0 atom stereocenters. The molecule has 4 rings (SSSR count). The second-order valence-electron chi connectivity index (χ2n) is 4.80. The van der Waals surface area contributed by atoms with E-state index in [-0.39, 0.29) is 5.69 Å². The summed E-state index contributed by atoms with van der Waals surface area (Å²) in [6.45, 7) is 0. The molecular formula is C15H9N5O2S. The molecule has 0 unspecified atom stereocenters. The average Bonchev–Trinajstić information content (AvgIpc) is 3.16. The van der Waals surface area contributed by atoms with Crippen LogP contribution in [0.15, 0.2) is 54.6 Å². The van der Waals surface area contributed by atoms with Gasteiger partial charge in [-0.25, -0.2) is 0 Å². The third-order valence-electron chi connectivity index (χ3n) is 3.35. The molecule has 0 saturated carbocycles. The van der Waals surface area contributed by atoms with Gasteiger partial charge < -0.3 is 0 Å². The Morgan fingerprint density at radius 2 is 1.70 bits per heavy atom. The van der Waals surface area contributed by atoms with E-state index >= 15 is 0 Å². The van der Waals surface area contributed by atoms with Crippen LogP contribution in [0.5, 0.6) is 0 Å². The summed E-state index contributed by atoms with van der Waals surface area (Å²) in [5.74, 6) is 0.671. The Balaban J connectivity index is 1.78. The first-order valence-electron chi connectivity index (χ1n) is 6.75. The Bertz CT molecular complexity index is 992. The minimum absolute atomic E-state index is 0.0572. The van der Waals surface area contributed by atoms with Crippen molar-refractivity contribution in [3.05, 3.63) is 64.7 Å². The summed E-state index contributed by atoms with van der Waals surface area (Å²) in [5.41, 5.74) is 1.80. The minimum atomic E-state index is -0.421. The van der Waals surface area contributed by atoms with Gasteiger partial charge in [-0.05, 0) is 12.1 Å². The minimum Gasteiger partial charge on any atom is -0.258 e. The van der Waals surface area contributed by atoms with Crippen LogP contribution in [0.2, 0.25) is 0 Å². The number of nitrogens with zero attached hydrogens (tertiary/aromatic N) is 5. The van der Waals surface area contributed by atoms with Crippen molar-refractivity contribution >= 4 is 22.0 Å². The van der Waals surface area contributed by atoms with Crippen molar-refractivity contribution < 1.29 is 4.92 Å². The summed E-state index contributed by atoms with van der Waals surface area (Å²) in [4.78, 5) is 11.0. The zero-order valence-electron chi connectivity index (χ0n) is 11.7. The van der Waals surface area contributed by atoms with Crippen molar-refractivity contribution in [2.75, 3.05) is 0 Å². The lowest BCUT2D eigenvalue weighted by atomic mass is 10.2. The van der Waals surface area contributed by atoms with Gasteiger partial charge in [-0.15, -0.1) is 10.2 Å². The third-order valence-corrected chi connectivity index (χ3v) is 4.30. The first kappa shape index (κ1) is 13.5. The zero-order chi connectivity index (χ0) is 15.8. The molecular weight excluding hydrogens is 314 g/mol. The van der Waals surface area contributed by atoms with Crippen LogP contribution in [0.25, 0.3) is 26.9 Å². The molecule has 0 spiro atoms. The fourth-order valence-electron chi connectivity index (χ4n) is 2.23. The van der Waals surface area contributed by atoms with Gasteiger partial charge in [-0.1, -0.05) is 41.7 Å². The smallest absolute Gasteiger partial charge is 0.258 e. The van der Waals surface area contributed by atoms with Crippen molar-refractivity contribution in [1.29, 1.82) is 0 Å². The highest BCUT2D eigenvalue weighted by Crippen LogP contribution is 2.29. The highest BCUT2D eigenvalue weighted by molar-refractivity contribution is 7.19. The SMILES string of the molecule is O=[N+]([O-])c1ccc(-c2nn3c(-c4ccccc4)nnc3s2)cc1. The maximum absolute atomic E-state index is 10.7. The highest BCUT2D eigenvalue weighted by atomic mass is 32.1. The first-order chi connectivity index (χ1) is 11.2. The van der Waals surface area contributed by atoms with E-state index in [2.05, 4.69) is 15.3 Å². The van der Waals surface area contributed by atoms with Crippen LogP contribution in [-0.4, -0.2) is 24.7 Å². The second-order valence-corrected chi connectivity index (χ2v) is 5.75. The third kappa shape index (κ3) is 2.34. The van der Waals surface area contributed by atoms with Gasteiger partial charge in [0.25, 0.3) is 5.69 Å². The average molecular weight is 323 g/mol. The fourth-order valence-corrected chi connectivity index (χ4v) is 3.07. The molecule has 0 aliphatic heterocycles. The summed E-state index contributed by atoms with van der Waals surface area (Å²) in [7, 11) is 0. The monoisotopic (exact) mass is 323 g/mol. The molecule has 4 aromatic rings. The van der Waals surface area contributed by atoms with Crippen LogP contribution >= 0.6 is 11.3 Å². The molecule has 0 bridgehead atoms. The quantitative estimate of drug-likeness (QED) is 0.426. The topological polar surface area (TPSA) is 86.2 Å². The number of nitro groups is 1. The number of rotatable bonds is 3. The normalized spacial score (nSPS) is 11.0. The largest absolute Gasteiger partial charge is 0.269 e. The van der Waals surface area contributed by atoms with E-state index in [1.807, 2.05) is 30.3 Å². The lowest BCUT2D eigenvalue weighted by Crippen LogP contribution is -1.91. The first-order valence-corrected chi connectivity index (χ1v) is 7.56. The Hall–Kier alpha value is -3.13. The lowest BCUT2D eigenvalue weighted by Gasteiger charge is -1.96. The van der Waals surface area contributed by atoms with Crippen LogP contribution in [0.4, 0.5) is 5.69 Å². The van der Waals surface area contributed by atoms with Gasteiger partial charge in [-0.3, -0.25) is 10.1 Å². The Labute approximate surface area is 134 Å². The van der Waals surface area contributed by atoms with Crippen molar-refractivity contribution in [3.8, 4) is 22.0 Å². The summed E-state index contributed by atoms with van der Waals surface area (Å²) in [6.07, 6.45) is 0. The molecule has 0 aliphatic carbocycles. The molecule has 8 heteroatoms. The van der Waals surface area contributed by atoms with Crippen LogP contribution in [0.1, 0.15) is 0 Å². The number of aromatic nitrogens is 4. The Morgan fingerprint density at radius 3 is 2.39 bits per heavy atom. The molecule has 0 N–H and O–H groups in total. The van der Waals surface area contributed by atoms with E-state index in [9.17, 15) is 10.1 Å². The zero-order valence-corrected chi connectivity index (χ0v) is 12.5. The van der Waals surface area contributed by atoms with Crippen LogP contribution in [0, 0.1) is 10.1 Å². The Kier molecular flexibility index (Phi) is 3.09. The van der Waals surface area contributed by atoms with Crippen molar-refractivity contribution in [2.24, 2.45) is 0 Å². The standard InChI is InChI=1S/C15H9N5O2S/c21-20(22)12-8-6-11(7-9-12)14-18-19-13(16-17-15(19)23-14)10-4-2-1-3-5-10/h1-9H. The summed E-state index contributed by atoms with van der Waals surface area (Å²) < 4.78 is 1.69. The van der Waals surface area contributed by atoms with Gasteiger partial charge in [0.05, 0.1) is 4.92 Å². The molecule has 0 amide bonds. The molecule has 112 valence electrons. The van der Waals surface area contributed by atoms with E-state index in [0.717, 1.165) is 16.1 Å². The van der Waals surface area contributed by atoms with Gasteiger partial charge in [0, 0.05) is 23.3 Å². The van der Waals surface area contributed by atoms with Crippen LogP contribution in [-0.2, 0) is 0 Å². The fraction of sp³-hybridized carbons (Fsp3) is 0. The molecule has 2 aromatic heterocycles. The van der Waals surface area contributed by atoms with Crippen LogP contribution < -0.4 is 0 Å². The second kappa shape index (κ2) is 5.25. The van der Waals surface area contributed by atoms with Crippen molar-refractivity contribution in [3.63, 3.8) is 0 Å². The Morgan fingerprint density at radius 1 is 0.957 bits per heavy atom. The molecule has 0 radical (unpaired) electrons. The number of hydrogen-bond acceptors (Lipinski definition) is 6. The number of hydrogen-bond donors (Lipinski definition) is 0. The lowest BCUT2D eigenvalue weighted by molar-refractivity contribution is -0.384. The summed E-state index contributed by atoms with van der Waals surface area (Å²) >= 11 is 1.39. The molecule has 7 nitrogen and oxygen atoms in total. The number of non-ortho nitro benzene ring substituents is 1. The van der Waals surface area contributed by atoms with E-state index in [0.29, 0.717) is 10.8 Å². The molecule has 0 aliphatic rings. The van der Waals surface area contributed by atoms with E-state index < -0.39 is 4.92 Å². The maximum atomic E-state index is 10.7. The number of benzene rings is 2. The highest BCUT2D eigenvalue weighted by Gasteiger charge is 2.15. The van der Waals surface area contributed by atoms with Gasteiger partial charge >= 0.3 is 0 Å². The maximum Gasteiger partial charge on any atom is 0.269 e. The summed E-state index contributed by atoms with van der Waals surface area (Å²) in [5, 5.41) is 24.3. The van der Waals surface area contributed by atoms with E-state index in [1.54, 1.807) is 16.6 Å². The van der Waals surface area contributed by atoms with Crippen LogP contribution in [0.3, 0.4) is 0 Å². The van der Waals surface area contributed by atoms with E-state index in [4.69, 9.17) is 0 Å². The van der Waals surface area contributed by atoms with E-state index in [1.165, 1.54) is 23.5 Å². The molecule has 0 fully saturated rings. The molecule has 2 heterocycles. The van der Waals surface area contributed by atoms with Gasteiger partial charge in [0.15, 0.2) is 5.82 Å². The molecule has 0 saturated heterocycles. The predicted molar refractivity (Wildman–Crippen MR) is 86.2 cm³/mol. The summed E-state index contributed by atoms with van der Waals surface area (Å²) in [6, 6.07) is 16.0. The van der Waals surface area contributed by atoms with Gasteiger partial charge in [0.1, 0.15) is 5.01 Å². The number of fused-ring (bicyclic) bond motifs is 1. The number of nitro benzene ring substituents is 1. The van der Waals surface area contributed by atoms with Crippen molar-refractivity contribution in [2.45, 2.75) is 0 Å². The van der Waals surface area contributed by atoms with Gasteiger partial charge in [-0.2, -0.15) is 9.61 Å². The molecule has 2 aromatic carbocycles. The van der Waals surface area contributed by atoms with Gasteiger partial charge in [0.2, 0.25) is 4.96 Å². The van der Waals surface area contributed by atoms with Crippen molar-refractivity contribution in [1.82, 2.24) is 19.8 Å². The predicted octanol–water partition coefficient (Wildman–Crippen LogP) is 3.43.